The van der Waals surface area contributed by atoms with E-state index in [0.29, 0.717) is 14.7 Å². The minimum absolute atomic E-state index is 0.0350. The van der Waals surface area contributed by atoms with Gasteiger partial charge in [0.05, 0.1) is 8.95 Å². The molecule has 1 rings (SSSR count). The topological polar surface area (TPSA) is 35.5 Å². The van der Waals surface area contributed by atoms with Gasteiger partial charge >= 0.3 is 5.97 Å². The molecule has 1 aromatic carbocycles. The molecule has 0 amide bonds. The molecular weight excluding hydrogens is 434 g/mol. The molecule has 1 atom stereocenters. The van der Waals surface area contributed by atoms with E-state index in [9.17, 15) is 4.79 Å². The number of carbonyl (C=O) groups excluding carboxylic acids is 1. The predicted molar refractivity (Wildman–Crippen MR) is 78.5 cm³/mol. The third-order valence-corrected chi connectivity index (χ3v) is 3.78. The molecule has 0 aliphatic heterocycles. The zero-order chi connectivity index (χ0) is 13.7. The Morgan fingerprint density at radius 1 is 1.33 bits per heavy atom. The molecule has 0 radical (unpaired) electrons. The van der Waals surface area contributed by atoms with Crippen molar-refractivity contribution < 1.29 is 13.8 Å². The van der Waals surface area contributed by atoms with Crippen molar-refractivity contribution in [2.75, 3.05) is 6.07 Å². The summed E-state index contributed by atoms with van der Waals surface area (Å²) in [6, 6.07) is 3.60. The summed E-state index contributed by atoms with van der Waals surface area (Å²) in [6.45, 7) is 0. The van der Waals surface area contributed by atoms with Crippen molar-refractivity contribution in [3.8, 4) is 5.75 Å². The average molecular weight is 441 g/mol. The number of halogens is 5. The summed E-state index contributed by atoms with van der Waals surface area (Å²) in [5.74, 6) is -0.105. The molecule has 0 saturated carbocycles. The fourth-order valence-corrected chi connectivity index (χ4v) is 3.26. The Hall–Kier alpha value is 0.320. The van der Waals surface area contributed by atoms with Gasteiger partial charge in [0.25, 0.3) is 0 Å². The molecule has 0 N–H and O–H groups in total. The van der Waals surface area contributed by atoms with E-state index in [1.165, 1.54) is 0 Å². The number of hydrogen-bond acceptors (Lipinski definition) is 3. The largest absolute Gasteiger partial charge is 0.476 e. The summed E-state index contributed by atoms with van der Waals surface area (Å²) < 4.78 is 10.7. The lowest BCUT2D eigenvalue weighted by atomic mass is 10.1. The van der Waals surface area contributed by atoms with Gasteiger partial charge in [0.2, 0.25) is 0 Å². The second kappa shape index (κ2) is 7.80. The van der Waals surface area contributed by atoms with Crippen LogP contribution in [0.1, 0.15) is 5.56 Å². The van der Waals surface area contributed by atoms with Gasteiger partial charge in [-0.1, -0.05) is 11.6 Å². The van der Waals surface area contributed by atoms with Crippen LogP contribution in [0, 0.1) is 0 Å². The molecule has 0 fully saturated rings. The average Bonchev–Trinajstić information content (AvgIpc) is 2.32. The fraction of sp³-hybridized carbons (Fsp3) is 0.300. The summed E-state index contributed by atoms with van der Waals surface area (Å²) in [4.78, 5) is 11.1. The summed E-state index contributed by atoms with van der Waals surface area (Å²) in [5.41, 5.74) is 0.817. The number of alkyl halides is 2. The van der Waals surface area contributed by atoms with Crippen molar-refractivity contribution in [1.29, 1.82) is 0 Å². The molecule has 8 heteroatoms. The Kier molecular flexibility index (Phi) is 7.10. The Labute approximate surface area is 136 Å². The number of benzene rings is 1. The van der Waals surface area contributed by atoms with E-state index in [1.807, 2.05) is 0 Å². The highest BCUT2D eigenvalue weighted by Gasteiger charge is 2.19. The molecule has 3 nitrogen and oxygen atoms in total. The molecule has 0 saturated heterocycles. The van der Waals surface area contributed by atoms with E-state index in [4.69, 9.17) is 39.8 Å². The van der Waals surface area contributed by atoms with Crippen LogP contribution in [-0.2, 0) is 15.5 Å². The van der Waals surface area contributed by atoms with E-state index in [0.717, 1.165) is 5.56 Å². The van der Waals surface area contributed by atoms with Crippen LogP contribution in [0.15, 0.2) is 21.1 Å². The molecule has 1 unspecified atom stereocenters. The minimum Gasteiger partial charge on any atom is -0.476 e. The Morgan fingerprint density at radius 3 is 2.33 bits per heavy atom. The van der Waals surface area contributed by atoms with Crippen molar-refractivity contribution in [3.63, 3.8) is 0 Å². The molecule has 0 aromatic heterocycles. The van der Waals surface area contributed by atoms with Crippen LogP contribution in [0.3, 0.4) is 0 Å². The van der Waals surface area contributed by atoms with Crippen molar-refractivity contribution in [2.24, 2.45) is 0 Å². The standard InChI is InChI=1S/C10H7Br2Cl3O3/c11-6-1-5(3-8(14)10(16)18-15)2-7(12)9(6)17-4-13/h1-2,8H,3-4H2. The highest BCUT2D eigenvalue weighted by atomic mass is 79.9. The van der Waals surface area contributed by atoms with Gasteiger partial charge in [0, 0.05) is 0 Å². The van der Waals surface area contributed by atoms with E-state index in [1.54, 1.807) is 12.1 Å². The van der Waals surface area contributed by atoms with E-state index in [2.05, 4.69) is 36.1 Å². The van der Waals surface area contributed by atoms with Crippen LogP contribution >= 0.6 is 66.9 Å². The monoisotopic (exact) mass is 438 g/mol. The van der Waals surface area contributed by atoms with E-state index < -0.39 is 11.3 Å². The molecule has 0 heterocycles. The summed E-state index contributed by atoms with van der Waals surface area (Å²) in [7, 11) is 0. The van der Waals surface area contributed by atoms with Crippen LogP contribution in [0.5, 0.6) is 5.75 Å². The summed E-state index contributed by atoms with van der Waals surface area (Å²) >= 11 is 23.0. The van der Waals surface area contributed by atoms with Crippen molar-refractivity contribution >= 4 is 72.9 Å². The van der Waals surface area contributed by atoms with Crippen LogP contribution in [0.4, 0.5) is 0 Å². The van der Waals surface area contributed by atoms with Crippen LogP contribution < -0.4 is 4.74 Å². The lowest BCUT2D eigenvalue weighted by Gasteiger charge is -2.11. The quantitative estimate of drug-likeness (QED) is 0.625. The Bertz CT molecular complexity index is 419. The van der Waals surface area contributed by atoms with Crippen LogP contribution in [0.2, 0.25) is 0 Å². The zero-order valence-electron chi connectivity index (χ0n) is 8.76. The smallest absolute Gasteiger partial charge is 0.342 e. The van der Waals surface area contributed by atoms with Gasteiger partial charge in [0.15, 0.2) is 6.07 Å². The van der Waals surface area contributed by atoms with Gasteiger partial charge in [-0.15, -0.1) is 11.6 Å². The van der Waals surface area contributed by atoms with Gasteiger partial charge in [-0.2, -0.15) is 0 Å². The van der Waals surface area contributed by atoms with E-state index in [-0.39, 0.29) is 12.5 Å². The highest BCUT2D eigenvalue weighted by molar-refractivity contribution is 9.11. The third-order valence-electron chi connectivity index (χ3n) is 2.00. The van der Waals surface area contributed by atoms with Gasteiger partial charge in [-0.25, -0.2) is 4.79 Å². The summed E-state index contributed by atoms with van der Waals surface area (Å²) in [5, 5.41) is -0.846. The van der Waals surface area contributed by atoms with Gasteiger partial charge in [0.1, 0.15) is 23.0 Å². The molecule has 0 aliphatic rings. The normalized spacial score (nSPS) is 12.1. The van der Waals surface area contributed by atoms with Crippen molar-refractivity contribution in [1.82, 2.24) is 0 Å². The molecular formula is C10H7Br2Cl3O3. The van der Waals surface area contributed by atoms with Gasteiger partial charge in [-0.05, 0) is 56.0 Å². The summed E-state index contributed by atoms with van der Waals surface area (Å²) in [6.07, 6.45) is 0.283. The second-order valence-corrected chi connectivity index (χ2v) is 5.82. The molecule has 0 bridgehead atoms. The maximum Gasteiger partial charge on any atom is 0.342 e. The SMILES string of the molecule is O=C(OCl)C(Cl)Cc1cc(Br)c(OCCl)c(Br)c1. The Morgan fingerprint density at radius 2 is 1.89 bits per heavy atom. The van der Waals surface area contributed by atoms with Crippen LogP contribution in [-0.4, -0.2) is 17.4 Å². The first-order valence-corrected chi connectivity index (χ1v) is 7.49. The predicted octanol–water partition coefficient (Wildman–Crippen LogP) is 4.63. The van der Waals surface area contributed by atoms with E-state index >= 15 is 0 Å². The highest BCUT2D eigenvalue weighted by Crippen LogP contribution is 2.35. The third kappa shape index (κ3) is 4.46. The molecule has 0 aliphatic carbocycles. The minimum atomic E-state index is -0.846. The molecule has 100 valence electrons. The molecule has 0 spiro atoms. The number of rotatable bonds is 5. The van der Waals surface area contributed by atoms with Crippen molar-refractivity contribution in [2.45, 2.75) is 11.8 Å². The van der Waals surface area contributed by atoms with Gasteiger partial charge in [-0.3, -0.25) is 0 Å². The first kappa shape index (κ1) is 16.4. The first-order valence-electron chi connectivity index (χ1n) is 4.62. The Balaban J connectivity index is 2.89. The number of ether oxygens (including phenoxy) is 1. The number of carbonyl (C=O) groups is 1. The fourth-order valence-electron chi connectivity index (χ4n) is 1.26. The number of hydrogen-bond donors (Lipinski definition) is 0. The van der Waals surface area contributed by atoms with Crippen LogP contribution in [0.25, 0.3) is 0 Å². The molecule has 1 aromatic rings. The lowest BCUT2D eigenvalue weighted by molar-refractivity contribution is -0.133. The van der Waals surface area contributed by atoms with Gasteiger partial charge < -0.3 is 9.03 Å². The maximum atomic E-state index is 11.1. The van der Waals surface area contributed by atoms with Crippen molar-refractivity contribution in [3.05, 3.63) is 26.6 Å². The second-order valence-electron chi connectivity index (χ2n) is 3.21. The lowest BCUT2D eigenvalue weighted by Crippen LogP contribution is -2.17. The first-order chi connectivity index (χ1) is 8.49. The zero-order valence-corrected chi connectivity index (χ0v) is 14.2. The molecule has 18 heavy (non-hydrogen) atoms. The maximum absolute atomic E-state index is 11.1.